The molecule has 136 valence electrons. The van der Waals surface area contributed by atoms with Gasteiger partial charge in [-0.15, -0.1) is 0 Å². The molecule has 4 fully saturated rings. The maximum absolute atomic E-state index is 12.3. The van der Waals surface area contributed by atoms with Crippen LogP contribution in [0.4, 0.5) is 0 Å². The normalized spacial score (nSPS) is 53.7. The molecule has 0 heterocycles. The molecule has 0 aromatic rings. The van der Waals surface area contributed by atoms with Crippen LogP contribution in [0.5, 0.6) is 0 Å². The summed E-state index contributed by atoms with van der Waals surface area (Å²) < 4.78 is 5.14. The zero-order chi connectivity index (χ0) is 17.1. The molecule has 8 atom stereocenters. The first kappa shape index (κ1) is 16.9. The van der Waals surface area contributed by atoms with E-state index in [0.29, 0.717) is 17.3 Å². The van der Waals surface area contributed by atoms with E-state index in [2.05, 4.69) is 13.8 Å². The van der Waals surface area contributed by atoms with Crippen molar-refractivity contribution in [1.29, 1.82) is 0 Å². The van der Waals surface area contributed by atoms with Crippen molar-refractivity contribution in [3.8, 4) is 0 Å². The van der Waals surface area contributed by atoms with Crippen LogP contribution < -0.4 is 0 Å². The Kier molecular flexibility index (Phi) is 4.02. The summed E-state index contributed by atoms with van der Waals surface area (Å²) in [6.45, 7) is 4.90. The highest BCUT2D eigenvalue weighted by molar-refractivity contribution is 5.73. The third kappa shape index (κ3) is 2.22. The molecule has 24 heavy (non-hydrogen) atoms. The van der Waals surface area contributed by atoms with Crippen molar-refractivity contribution in [2.45, 2.75) is 77.7 Å². The van der Waals surface area contributed by atoms with Crippen molar-refractivity contribution in [3.63, 3.8) is 0 Å². The lowest BCUT2D eigenvalue weighted by Crippen LogP contribution is -2.54. The minimum atomic E-state index is -0.0660. The summed E-state index contributed by atoms with van der Waals surface area (Å²) in [7, 11) is 1.55. The van der Waals surface area contributed by atoms with Gasteiger partial charge >= 0.3 is 5.97 Å². The third-order valence-electron chi connectivity index (χ3n) is 9.12. The number of aliphatic hydroxyl groups is 1. The molecule has 3 heteroatoms. The highest BCUT2D eigenvalue weighted by atomic mass is 16.5. The number of rotatable bonds is 1. The number of methoxy groups -OCH3 is 1. The fraction of sp³-hybridized carbons (Fsp3) is 0.952. The van der Waals surface area contributed by atoms with Gasteiger partial charge in [0.05, 0.1) is 19.1 Å². The highest BCUT2D eigenvalue weighted by Crippen LogP contribution is 2.67. The number of carbonyl (C=O) groups is 1. The summed E-state index contributed by atoms with van der Waals surface area (Å²) in [5.41, 5.74) is 0.582. The Bertz CT molecular complexity index is 517. The molecule has 0 aliphatic heterocycles. The first-order valence-corrected chi connectivity index (χ1v) is 10.2. The van der Waals surface area contributed by atoms with Gasteiger partial charge in [0.15, 0.2) is 0 Å². The molecule has 0 unspecified atom stereocenters. The van der Waals surface area contributed by atoms with Crippen molar-refractivity contribution in [2.24, 2.45) is 40.4 Å². The van der Waals surface area contributed by atoms with Crippen LogP contribution in [-0.4, -0.2) is 24.3 Å². The molecule has 0 saturated heterocycles. The van der Waals surface area contributed by atoms with Crippen LogP contribution in [0.25, 0.3) is 0 Å². The molecule has 4 saturated carbocycles. The second kappa shape index (κ2) is 5.72. The van der Waals surface area contributed by atoms with E-state index < -0.39 is 0 Å². The summed E-state index contributed by atoms with van der Waals surface area (Å²) in [5, 5.41) is 10.1. The van der Waals surface area contributed by atoms with Crippen molar-refractivity contribution in [3.05, 3.63) is 0 Å². The van der Waals surface area contributed by atoms with E-state index in [-0.39, 0.29) is 23.4 Å². The van der Waals surface area contributed by atoms with E-state index in [0.717, 1.165) is 31.1 Å². The molecular formula is C21H34O3. The Morgan fingerprint density at radius 1 is 0.958 bits per heavy atom. The van der Waals surface area contributed by atoms with Crippen molar-refractivity contribution in [1.82, 2.24) is 0 Å². The average Bonchev–Trinajstić information content (AvgIpc) is 2.92. The summed E-state index contributed by atoms with van der Waals surface area (Å²) in [5.74, 6) is 3.15. The van der Waals surface area contributed by atoms with Crippen molar-refractivity contribution in [2.75, 3.05) is 7.11 Å². The lowest BCUT2D eigenvalue weighted by molar-refractivity contribution is -0.157. The number of esters is 1. The molecular weight excluding hydrogens is 300 g/mol. The Labute approximate surface area is 146 Å². The number of hydrogen-bond donors (Lipinski definition) is 1. The third-order valence-corrected chi connectivity index (χ3v) is 9.12. The van der Waals surface area contributed by atoms with Gasteiger partial charge in [0.2, 0.25) is 0 Å². The van der Waals surface area contributed by atoms with E-state index in [9.17, 15) is 9.90 Å². The maximum atomic E-state index is 12.3. The summed E-state index contributed by atoms with van der Waals surface area (Å²) in [6.07, 6.45) is 10.4. The highest BCUT2D eigenvalue weighted by Gasteiger charge is 2.61. The number of aliphatic hydroxyl groups excluding tert-OH is 1. The number of fused-ring (bicyclic) bond motifs is 5. The van der Waals surface area contributed by atoms with Crippen LogP contribution in [0.3, 0.4) is 0 Å². The lowest BCUT2D eigenvalue weighted by atomic mass is 9.44. The first-order chi connectivity index (χ1) is 11.4. The van der Waals surface area contributed by atoms with E-state index in [1.165, 1.54) is 38.5 Å². The number of ether oxygens (including phenoxy) is 1. The van der Waals surface area contributed by atoms with Gasteiger partial charge in [-0.2, -0.15) is 0 Å². The van der Waals surface area contributed by atoms with Gasteiger partial charge in [-0.05, 0) is 92.3 Å². The van der Waals surface area contributed by atoms with Gasteiger partial charge in [-0.1, -0.05) is 13.8 Å². The van der Waals surface area contributed by atoms with Gasteiger partial charge in [0, 0.05) is 0 Å². The SMILES string of the molecule is COC(=O)[C@@H]1CC[C@@H]2[C@@H]3CC[C@H]4C[C@H](O)CC[C@]4(C)[C@@H]3CC[C@]21C. The zero-order valence-corrected chi connectivity index (χ0v) is 15.6. The van der Waals surface area contributed by atoms with Gasteiger partial charge in [-0.25, -0.2) is 0 Å². The van der Waals surface area contributed by atoms with Gasteiger partial charge in [0.25, 0.3) is 0 Å². The van der Waals surface area contributed by atoms with Crippen molar-refractivity contribution < 1.29 is 14.6 Å². The predicted molar refractivity (Wildman–Crippen MR) is 93.2 cm³/mol. The standard InChI is InChI=1S/C21H34O3/c1-20-10-8-14(22)12-13(20)4-5-15-16-6-7-18(19(23)24-3)21(16,2)11-9-17(15)20/h13-18,22H,4-12H2,1-3H3/t13-,14+,15-,16+,17+,18-,20-,21+/m0/s1. The van der Waals surface area contributed by atoms with E-state index in [4.69, 9.17) is 4.74 Å². The van der Waals surface area contributed by atoms with Gasteiger partial charge in [0.1, 0.15) is 0 Å². The Morgan fingerprint density at radius 2 is 1.67 bits per heavy atom. The summed E-state index contributed by atoms with van der Waals surface area (Å²) in [4.78, 5) is 12.3. The van der Waals surface area contributed by atoms with Crippen molar-refractivity contribution >= 4 is 5.97 Å². The van der Waals surface area contributed by atoms with Gasteiger partial charge in [-0.3, -0.25) is 4.79 Å². The first-order valence-electron chi connectivity index (χ1n) is 10.2. The lowest BCUT2D eigenvalue weighted by Gasteiger charge is -2.60. The van der Waals surface area contributed by atoms with Crippen LogP contribution in [0.1, 0.15) is 71.6 Å². The zero-order valence-electron chi connectivity index (χ0n) is 15.6. The van der Waals surface area contributed by atoms with E-state index in [1.807, 2.05) is 0 Å². The molecule has 4 rings (SSSR count). The van der Waals surface area contributed by atoms with Crippen LogP contribution in [0.2, 0.25) is 0 Å². The summed E-state index contributed by atoms with van der Waals surface area (Å²) in [6, 6.07) is 0. The number of hydrogen-bond acceptors (Lipinski definition) is 3. The molecule has 0 aromatic carbocycles. The minimum absolute atomic E-state index is 0.0270. The molecule has 4 aliphatic carbocycles. The number of carbonyl (C=O) groups excluding carboxylic acids is 1. The Hall–Kier alpha value is -0.570. The predicted octanol–water partition coefficient (Wildman–Crippen LogP) is 4.18. The Balaban J connectivity index is 1.60. The molecule has 0 aromatic heterocycles. The fourth-order valence-corrected chi connectivity index (χ4v) is 7.76. The fourth-order valence-electron chi connectivity index (χ4n) is 7.76. The molecule has 0 spiro atoms. The van der Waals surface area contributed by atoms with E-state index in [1.54, 1.807) is 7.11 Å². The van der Waals surface area contributed by atoms with Crippen LogP contribution >= 0.6 is 0 Å². The van der Waals surface area contributed by atoms with Crippen LogP contribution in [0, 0.1) is 40.4 Å². The largest absolute Gasteiger partial charge is 0.469 e. The molecule has 3 nitrogen and oxygen atoms in total. The second-order valence-electron chi connectivity index (χ2n) is 9.78. The monoisotopic (exact) mass is 334 g/mol. The molecule has 4 aliphatic rings. The van der Waals surface area contributed by atoms with Crippen LogP contribution in [-0.2, 0) is 9.53 Å². The maximum Gasteiger partial charge on any atom is 0.309 e. The van der Waals surface area contributed by atoms with Gasteiger partial charge < -0.3 is 9.84 Å². The summed E-state index contributed by atoms with van der Waals surface area (Å²) >= 11 is 0. The van der Waals surface area contributed by atoms with Crippen LogP contribution in [0.15, 0.2) is 0 Å². The molecule has 1 N–H and O–H groups in total. The quantitative estimate of drug-likeness (QED) is 0.732. The average molecular weight is 335 g/mol. The molecule has 0 bridgehead atoms. The molecule has 0 amide bonds. The second-order valence-corrected chi connectivity index (χ2v) is 9.78. The smallest absolute Gasteiger partial charge is 0.309 e. The molecule has 0 radical (unpaired) electrons. The van der Waals surface area contributed by atoms with E-state index >= 15 is 0 Å². The minimum Gasteiger partial charge on any atom is -0.469 e. The Morgan fingerprint density at radius 3 is 2.42 bits per heavy atom. The topological polar surface area (TPSA) is 46.5 Å².